The van der Waals surface area contributed by atoms with Crippen LogP contribution in [0.3, 0.4) is 0 Å². The number of carbonyl (C=O) groups is 1. The van der Waals surface area contributed by atoms with Crippen molar-refractivity contribution in [2.45, 2.75) is 12.6 Å². The molecule has 4 aromatic rings. The lowest BCUT2D eigenvalue weighted by atomic mass is 9.94. The summed E-state index contributed by atoms with van der Waals surface area (Å²) in [5.41, 5.74) is 12.0. The minimum Gasteiger partial charge on any atom is -0.464 e. The van der Waals surface area contributed by atoms with Gasteiger partial charge < -0.3 is 15.1 Å². The number of nitrogens with zero attached hydrogens (tertiary/aromatic N) is 1. The molecular formula is C23H18N2O2. The Morgan fingerprint density at radius 3 is 2.52 bits per heavy atom. The normalized spacial score (nSPS) is 15.9. The van der Waals surface area contributed by atoms with Gasteiger partial charge in [-0.05, 0) is 34.4 Å². The van der Waals surface area contributed by atoms with Crippen LogP contribution in [0.15, 0.2) is 83.5 Å². The average molecular weight is 354 g/mol. The third-order valence-corrected chi connectivity index (χ3v) is 5.29. The third-order valence-electron chi connectivity index (χ3n) is 5.29. The number of nitrogens with two attached hydrogens (primary N) is 1. The molecule has 1 aromatic heterocycles. The number of urea groups is 1. The molecule has 0 saturated heterocycles. The second kappa shape index (κ2) is 6.02. The van der Waals surface area contributed by atoms with Crippen LogP contribution in [0.4, 0.5) is 4.79 Å². The number of furan rings is 1. The summed E-state index contributed by atoms with van der Waals surface area (Å²) in [7, 11) is 0. The van der Waals surface area contributed by atoms with Crippen molar-refractivity contribution in [1.29, 1.82) is 0 Å². The van der Waals surface area contributed by atoms with Gasteiger partial charge in [0.2, 0.25) is 0 Å². The number of benzene rings is 3. The van der Waals surface area contributed by atoms with E-state index in [1.165, 1.54) is 0 Å². The highest BCUT2D eigenvalue weighted by atomic mass is 16.3. The highest BCUT2D eigenvalue weighted by molar-refractivity contribution is 5.84. The Hall–Kier alpha value is -3.53. The van der Waals surface area contributed by atoms with Crippen molar-refractivity contribution >= 4 is 17.0 Å². The van der Waals surface area contributed by atoms with Crippen molar-refractivity contribution in [3.05, 3.63) is 95.7 Å². The molecule has 2 amide bonds. The largest absolute Gasteiger partial charge is 0.464 e. The predicted molar refractivity (Wildman–Crippen MR) is 105 cm³/mol. The van der Waals surface area contributed by atoms with Crippen molar-refractivity contribution in [1.82, 2.24) is 4.90 Å². The van der Waals surface area contributed by atoms with Gasteiger partial charge in [-0.3, -0.25) is 0 Å². The molecule has 132 valence electrons. The number of primary amides is 1. The number of hydrogen-bond donors (Lipinski definition) is 1. The SMILES string of the molecule is NC(=O)N1Cc2cc(-c3ccccc3)ccc2C1c1coc2ccccc12. The van der Waals surface area contributed by atoms with Gasteiger partial charge >= 0.3 is 6.03 Å². The minimum atomic E-state index is -0.428. The zero-order valence-electron chi connectivity index (χ0n) is 14.6. The topological polar surface area (TPSA) is 59.5 Å². The van der Waals surface area contributed by atoms with Gasteiger partial charge in [0.25, 0.3) is 0 Å². The van der Waals surface area contributed by atoms with Crippen molar-refractivity contribution < 1.29 is 9.21 Å². The van der Waals surface area contributed by atoms with E-state index >= 15 is 0 Å². The molecule has 0 radical (unpaired) electrons. The number of fused-ring (bicyclic) bond motifs is 2. The Morgan fingerprint density at radius 1 is 0.926 bits per heavy atom. The molecule has 2 N–H and O–H groups in total. The monoisotopic (exact) mass is 354 g/mol. The van der Waals surface area contributed by atoms with Gasteiger partial charge in [0.15, 0.2) is 0 Å². The van der Waals surface area contributed by atoms with Gasteiger partial charge in [0.05, 0.1) is 12.3 Å². The fourth-order valence-electron chi connectivity index (χ4n) is 4.01. The summed E-state index contributed by atoms with van der Waals surface area (Å²) in [5, 5.41) is 1.01. The molecule has 5 rings (SSSR count). The van der Waals surface area contributed by atoms with Crippen LogP contribution in [0.2, 0.25) is 0 Å². The van der Waals surface area contributed by atoms with Crippen LogP contribution >= 0.6 is 0 Å². The lowest BCUT2D eigenvalue weighted by molar-refractivity contribution is 0.199. The van der Waals surface area contributed by atoms with Gasteiger partial charge in [-0.15, -0.1) is 0 Å². The number of carbonyl (C=O) groups excluding carboxylic acids is 1. The second-order valence-corrected chi connectivity index (χ2v) is 6.84. The van der Waals surface area contributed by atoms with Crippen LogP contribution in [-0.2, 0) is 6.54 Å². The molecule has 27 heavy (non-hydrogen) atoms. The lowest BCUT2D eigenvalue weighted by Gasteiger charge is -2.22. The summed E-state index contributed by atoms with van der Waals surface area (Å²) in [5.74, 6) is 0. The molecule has 0 spiro atoms. The summed E-state index contributed by atoms with van der Waals surface area (Å²) in [4.78, 5) is 13.9. The molecule has 1 aliphatic heterocycles. The van der Waals surface area contributed by atoms with E-state index in [1.54, 1.807) is 11.2 Å². The number of hydrogen-bond acceptors (Lipinski definition) is 2. The first-order chi connectivity index (χ1) is 13.2. The van der Waals surface area contributed by atoms with E-state index in [-0.39, 0.29) is 6.04 Å². The molecule has 1 unspecified atom stereocenters. The Labute approximate surface area is 156 Å². The van der Waals surface area contributed by atoms with E-state index < -0.39 is 6.03 Å². The summed E-state index contributed by atoms with van der Waals surface area (Å²) < 4.78 is 5.72. The molecule has 2 heterocycles. The van der Waals surface area contributed by atoms with E-state index in [0.29, 0.717) is 6.54 Å². The van der Waals surface area contributed by atoms with Crippen LogP contribution < -0.4 is 5.73 Å². The van der Waals surface area contributed by atoms with E-state index in [1.807, 2.05) is 42.5 Å². The Kier molecular flexibility index (Phi) is 3.50. The smallest absolute Gasteiger partial charge is 0.315 e. The summed E-state index contributed by atoms with van der Waals surface area (Å²) in [6.45, 7) is 0.496. The molecule has 1 atom stereocenters. The van der Waals surface area contributed by atoms with E-state index in [9.17, 15) is 4.79 Å². The maximum Gasteiger partial charge on any atom is 0.315 e. The average Bonchev–Trinajstić information content (AvgIpc) is 3.29. The van der Waals surface area contributed by atoms with Crippen LogP contribution in [0.5, 0.6) is 0 Å². The zero-order valence-corrected chi connectivity index (χ0v) is 14.6. The molecular weight excluding hydrogens is 336 g/mol. The number of para-hydroxylation sites is 1. The van der Waals surface area contributed by atoms with Gasteiger partial charge in [0, 0.05) is 17.5 Å². The van der Waals surface area contributed by atoms with Gasteiger partial charge in [-0.25, -0.2) is 4.79 Å². The second-order valence-electron chi connectivity index (χ2n) is 6.84. The Balaban J connectivity index is 1.65. The van der Waals surface area contributed by atoms with Crippen molar-refractivity contribution in [3.8, 4) is 11.1 Å². The van der Waals surface area contributed by atoms with Crippen molar-refractivity contribution in [3.63, 3.8) is 0 Å². The molecule has 0 fully saturated rings. The fourth-order valence-corrected chi connectivity index (χ4v) is 4.01. The molecule has 0 bridgehead atoms. The zero-order chi connectivity index (χ0) is 18.4. The van der Waals surface area contributed by atoms with E-state index in [0.717, 1.165) is 38.8 Å². The first kappa shape index (κ1) is 15.7. The quantitative estimate of drug-likeness (QED) is 0.545. The van der Waals surface area contributed by atoms with Crippen LogP contribution in [-0.4, -0.2) is 10.9 Å². The first-order valence-corrected chi connectivity index (χ1v) is 8.93. The molecule has 3 aromatic carbocycles. The van der Waals surface area contributed by atoms with E-state index in [2.05, 4.69) is 30.3 Å². The number of amides is 2. The van der Waals surface area contributed by atoms with Gasteiger partial charge in [0.1, 0.15) is 5.58 Å². The summed E-state index contributed by atoms with van der Waals surface area (Å²) in [6.07, 6.45) is 1.74. The maximum absolute atomic E-state index is 12.2. The van der Waals surface area contributed by atoms with Crippen LogP contribution in [0.25, 0.3) is 22.1 Å². The summed E-state index contributed by atoms with van der Waals surface area (Å²) in [6, 6.07) is 23.8. The standard InChI is InChI=1S/C23H18N2O2/c24-23(26)25-13-17-12-16(15-6-2-1-3-7-15)10-11-18(17)22(25)20-14-27-21-9-5-4-8-19(20)21/h1-12,14,22H,13H2,(H2,24,26). The number of rotatable bonds is 2. The summed E-state index contributed by atoms with van der Waals surface area (Å²) >= 11 is 0. The molecule has 4 heteroatoms. The molecule has 0 aliphatic carbocycles. The van der Waals surface area contributed by atoms with Gasteiger partial charge in [-0.2, -0.15) is 0 Å². The predicted octanol–water partition coefficient (Wildman–Crippen LogP) is 5.08. The Bertz CT molecular complexity index is 1150. The lowest BCUT2D eigenvalue weighted by Crippen LogP contribution is -2.34. The van der Waals surface area contributed by atoms with Gasteiger partial charge in [-0.1, -0.05) is 60.7 Å². The van der Waals surface area contributed by atoms with Crippen molar-refractivity contribution in [2.24, 2.45) is 5.73 Å². The third kappa shape index (κ3) is 2.49. The van der Waals surface area contributed by atoms with Crippen LogP contribution in [0, 0.1) is 0 Å². The maximum atomic E-state index is 12.2. The van der Waals surface area contributed by atoms with Crippen molar-refractivity contribution in [2.75, 3.05) is 0 Å². The fraction of sp³-hybridized carbons (Fsp3) is 0.0870. The minimum absolute atomic E-state index is 0.231. The highest BCUT2D eigenvalue weighted by Crippen LogP contribution is 2.42. The highest BCUT2D eigenvalue weighted by Gasteiger charge is 2.35. The molecule has 0 saturated carbocycles. The molecule has 1 aliphatic rings. The van der Waals surface area contributed by atoms with Crippen LogP contribution in [0.1, 0.15) is 22.7 Å². The Morgan fingerprint density at radius 2 is 1.70 bits per heavy atom. The first-order valence-electron chi connectivity index (χ1n) is 8.93. The van der Waals surface area contributed by atoms with E-state index in [4.69, 9.17) is 10.2 Å². The molecule has 4 nitrogen and oxygen atoms in total.